The van der Waals surface area contributed by atoms with Gasteiger partial charge in [0, 0.05) is 19.0 Å². The molecule has 1 N–H and O–H groups in total. The van der Waals surface area contributed by atoms with Crippen molar-refractivity contribution in [2.75, 3.05) is 13.1 Å². The summed E-state index contributed by atoms with van der Waals surface area (Å²) >= 11 is 0. The van der Waals surface area contributed by atoms with Gasteiger partial charge in [-0.25, -0.2) is 4.79 Å². The minimum Gasteiger partial charge on any atom is -0.481 e. The van der Waals surface area contributed by atoms with Gasteiger partial charge in [0.05, 0.1) is 5.92 Å². The maximum atomic E-state index is 12.4. The predicted octanol–water partition coefficient (Wildman–Crippen LogP) is 4.51. The van der Waals surface area contributed by atoms with Gasteiger partial charge in [0.1, 0.15) is 17.1 Å². The Hall–Kier alpha value is -3.02. The molecule has 1 aliphatic rings. The number of hydrogen-bond donors (Lipinski definition) is 1. The third kappa shape index (κ3) is 4.82. The SMILES string of the molecule is CC(C)(C)OC(=O)N1C[C@H](C(=O)O)[C@@H](c2ccc(Oc3ccccc3)cc2)C1. The van der Waals surface area contributed by atoms with Crippen molar-refractivity contribution in [1.29, 1.82) is 0 Å². The van der Waals surface area contributed by atoms with Crippen LogP contribution < -0.4 is 4.74 Å². The molecule has 0 unspecified atom stereocenters. The average Bonchev–Trinajstić information content (AvgIpc) is 3.08. The number of likely N-dealkylation sites (tertiary alicyclic amines) is 1. The van der Waals surface area contributed by atoms with Gasteiger partial charge in [-0.15, -0.1) is 0 Å². The summed E-state index contributed by atoms with van der Waals surface area (Å²) in [5.74, 6) is -0.482. The summed E-state index contributed by atoms with van der Waals surface area (Å²) in [4.78, 5) is 25.6. The summed E-state index contributed by atoms with van der Waals surface area (Å²) in [6, 6.07) is 16.8. The lowest BCUT2D eigenvalue weighted by Gasteiger charge is -2.24. The van der Waals surface area contributed by atoms with E-state index in [-0.39, 0.29) is 12.5 Å². The van der Waals surface area contributed by atoms with Crippen LogP contribution in [0.5, 0.6) is 11.5 Å². The van der Waals surface area contributed by atoms with Crippen LogP contribution in [0.3, 0.4) is 0 Å². The fourth-order valence-electron chi connectivity index (χ4n) is 3.28. The van der Waals surface area contributed by atoms with Crippen molar-refractivity contribution in [1.82, 2.24) is 4.90 Å². The number of nitrogens with zero attached hydrogens (tertiary/aromatic N) is 1. The molecular formula is C22H25NO5. The van der Waals surface area contributed by atoms with Crippen LogP contribution in [0.1, 0.15) is 32.3 Å². The summed E-state index contributed by atoms with van der Waals surface area (Å²) in [5.41, 5.74) is 0.239. The quantitative estimate of drug-likeness (QED) is 0.840. The van der Waals surface area contributed by atoms with Crippen LogP contribution in [0.15, 0.2) is 54.6 Å². The predicted molar refractivity (Wildman–Crippen MR) is 105 cm³/mol. The van der Waals surface area contributed by atoms with E-state index in [0.29, 0.717) is 12.3 Å². The van der Waals surface area contributed by atoms with E-state index in [1.54, 1.807) is 20.8 Å². The Morgan fingerprint density at radius 3 is 2.14 bits per heavy atom. The highest BCUT2D eigenvalue weighted by molar-refractivity contribution is 5.76. The highest BCUT2D eigenvalue weighted by Gasteiger charge is 2.41. The molecule has 148 valence electrons. The normalized spacial score (nSPS) is 19.3. The van der Waals surface area contributed by atoms with Crippen LogP contribution in [0.4, 0.5) is 4.79 Å². The zero-order valence-corrected chi connectivity index (χ0v) is 16.3. The molecule has 1 heterocycles. The van der Waals surface area contributed by atoms with Crippen molar-refractivity contribution in [3.63, 3.8) is 0 Å². The number of benzene rings is 2. The third-order valence-corrected chi connectivity index (χ3v) is 4.58. The van der Waals surface area contributed by atoms with Gasteiger partial charge in [0.15, 0.2) is 0 Å². The summed E-state index contributed by atoms with van der Waals surface area (Å²) in [6.45, 7) is 5.82. The van der Waals surface area contributed by atoms with Gasteiger partial charge in [-0.3, -0.25) is 4.79 Å². The molecule has 2 aromatic carbocycles. The number of hydrogen-bond acceptors (Lipinski definition) is 4. The molecule has 28 heavy (non-hydrogen) atoms. The van der Waals surface area contributed by atoms with Gasteiger partial charge >= 0.3 is 12.1 Å². The highest BCUT2D eigenvalue weighted by atomic mass is 16.6. The number of ether oxygens (including phenoxy) is 2. The van der Waals surface area contributed by atoms with Gasteiger partial charge in [-0.05, 0) is 50.6 Å². The minimum atomic E-state index is -0.916. The monoisotopic (exact) mass is 383 g/mol. The lowest BCUT2D eigenvalue weighted by atomic mass is 9.89. The molecule has 2 aromatic rings. The van der Waals surface area contributed by atoms with E-state index in [9.17, 15) is 14.7 Å². The molecule has 0 spiro atoms. The van der Waals surface area contributed by atoms with Crippen molar-refractivity contribution >= 4 is 12.1 Å². The van der Waals surface area contributed by atoms with Crippen LogP contribution in [-0.4, -0.2) is 40.8 Å². The molecule has 0 saturated carbocycles. The second-order valence-electron chi connectivity index (χ2n) is 7.92. The highest BCUT2D eigenvalue weighted by Crippen LogP contribution is 2.35. The second kappa shape index (κ2) is 7.92. The average molecular weight is 383 g/mol. The number of aliphatic carboxylic acids is 1. The fraction of sp³-hybridized carbons (Fsp3) is 0.364. The minimum absolute atomic E-state index is 0.136. The lowest BCUT2D eigenvalue weighted by Crippen LogP contribution is -2.35. The Bertz CT molecular complexity index is 826. The molecule has 1 amide bonds. The van der Waals surface area contributed by atoms with Crippen molar-refractivity contribution < 1.29 is 24.2 Å². The molecule has 6 heteroatoms. The second-order valence-corrected chi connectivity index (χ2v) is 7.92. The van der Waals surface area contributed by atoms with E-state index in [2.05, 4.69) is 0 Å². The maximum absolute atomic E-state index is 12.4. The van der Waals surface area contributed by atoms with E-state index < -0.39 is 23.6 Å². The first-order valence-corrected chi connectivity index (χ1v) is 9.26. The van der Waals surface area contributed by atoms with Gasteiger partial charge in [0.25, 0.3) is 0 Å². The first-order chi connectivity index (χ1) is 13.2. The third-order valence-electron chi connectivity index (χ3n) is 4.58. The molecule has 0 aliphatic carbocycles. The summed E-state index contributed by atoms with van der Waals surface area (Å²) in [6.07, 6.45) is -0.481. The molecule has 0 aromatic heterocycles. The number of carbonyl (C=O) groups is 2. The van der Waals surface area contributed by atoms with Crippen molar-refractivity contribution in [3.8, 4) is 11.5 Å². The van der Waals surface area contributed by atoms with E-state index in [4.69, 9.17) is 9.47 Å². The first-order valence-electron chi connectivity index (χ1n) is 9.26. The molecular weight excluding hydrogens is 358 g/mol. The zero-order chi connectivity index (χ0) is 20.3. The molecule has 2 atom stereocenters. The molecule has 6 nitrogen and oxygen atoms in total. The van der Waals surface area contributed by atoms with Crippen LogP contribution in [0.25, 0.3) is 0 Å². The topological polar surface area (TPSA) is 76.1 Å². The Morgan fingerprint density at radius 1 is 0.964 bits per heavy atom. The van der Waals surface area contributed by atoms with Crippen LogP contribution in [0.2, 0.25) is 0 Å². The number of carbonyl (C=O) groups excluding carboxylic acids is 1. The fourth-order valence-corrected chi connectivity index (χ4v) is 3.28. The van der Waals surface area contributed by atoms with Crippen LogP contribution in [0, 0.1) is 5.92 Å². The van der Waals surface area contributed by atoms with Crippen LogP contribution >= 0.6 is 0 Å². The number of carboxylic acids is 1. The van der Waals surface area contributed by atoms with Crippen molar-refractivity contribution in [2.45, 2.75) is 32.3 Å². The van der Waals surface area contributed by atoms with E-state index >= 15 is 0 Å². The van der Waals surface area contributed by atoms with Gasteiger partial charge in [0.2, 0.25) is 0 Å². The summed E-state index contributed by atoms with van der Waals surface area (Å²) in [7, 11) is 0. The zero-order valence-electron chi connectivity index (χ0n) is 16.3. The molecule has 3 rings (SSSR count). The summed E-state index contributed by atoms with van der Waals surface area (Å²) < 4.78 is 11.2. The number of carboxylic acid groups (broad SMARTS) is 1. The Labute approximate surface area is 164 Å². The van der Waals surface area contributed by atoms with Gasteiger partial charge in [-0.2, -0.15) is 0 Å². The lowest BCUT2D eigenvalue weighted by molar-refractivity contribution is -0.141. The smallest absolute Gasteiger partial charge is 0.410 e. The number of amides is 1. The first kappa shape index (κ1) is 19.7. The van der Waals surface area contributed by atoms with Gasteiger partial charge < -0.3 is 19.5 Å². The van der Waals surface area contributed by atoms with E-state index in [1.165, 1.54) is 4.90 Å². The van der Waals surface area contributed by atoms with Crippen molar-refractivity contribution in [3.05, 3.63) is 60.2 Å². The standard InChI is InChI=1S/C22H25NO5/c1-22(2,3)28-21(26)23-13-18(19(14-23)20(24)25)15-9-11-17(12-10-15)27-16-7-5-4-6-8-16/h4-12,18-19H,13-14H2,1-3H3,(H,24,25)/t18-,19+/m1/s1. The molecule has 0 bridgehead atoms. The Balaban J connectivity index is 1.73. The molecule has 1 fully saturated rings. The maximum Gasteiger partial charge on any atom is 0.410 e. The molecule has 1 aliphatic heterocycles. The Morgan fingerprint density at radius 2 is 1.57 bits per heavy atom. The van der Waals surface area contributed by atoms with Crippen molar-refractivity contribution in [2.24, 2.45) is 5.92 Å². The largest absolute Gasteiger partial charge is 0.481 e. The van der Waals surface area contributed by atoms with Crippen LogP contribution in [-0.2, 0) is 9.53 Å². The molecule has 0 radical (unpaired) electrons. The van der Waals surface area contributed by atoms with Gasteiger partial charge in [-0.1, -0.05) is 30.3 Å². The van der Waals surface area contributed by atoms with E-state index in [0.717, 1.165) is 11.3 Å². The Kier molecular flexibility index (Phi) is 5.58. The number of rotatable bonds is 4. The molecule has 1 saturated heterocycles. The van der Waals surface area contributed by atoms with E-state index in [1.807, 2.05) is 54.6 Å². The summed E-state index contributed by atoms with van der Waals surface area (Å²) in [5, 5.41) is 9.62. The number of para-hydroxylation sites is 1.